The number of carbonyl (C=O) groups is 1. The molecule has 0 aliphatic carbocycles. The molecule has 0 radical (unpaired) electrons. The van der Waals surface area contributed by atoms with Gasteiger partial charge in [-0.2, -0.15) is 0 Å². The zero-order chi connectivity index (χ0) is 13.5. The van der Waals surface area contributed by atoms with Gasteiger partial charge < -0.3 is 10.0 Å². The molecule has 2 rings (SSSR count). The van der Waals surface area contributed by atoms with Gasteiger partial charge in [-0.05, 0) is 43.2 Å². The first-order chi connectivity index (χ1) is 9.29. The van der Waals surface area contributed by atoms with Gasteiger partial charge in [-0.25, -0.2) is 0 Å². The van der Waals surface area contributed by atoms with Crippen molar-refractivity contribution in [2.24, 2.45) is 5.92 Å². The van der Waals surface area contributed by atoms with E-state index in [1.165, 1.54) is 5.56 Å². The lowest BCUT2D eigenvalue weighted by Gasteiger charge is -2.32. The highest BCUT2D eigenvalue weighted by molar-refractivity contribution is 5.76. The van der Waals surface area contributed by atoms with Crippen LogP contribution in [0.3, 0.4) is 0 Å². The summed E-state index contributed by atoms with van der Waals surface area (Å²) < 4.78 is 0. The maximum Gasteiger partial charge on any atom is 0.222 e. The van der Waals surface area contributed by atoms with Crippen molar-refractivity contribution < 1.29 is 9.90 Å². The summed E-state index contributed by atoms with van der Waals surface area (Å²) in [7, 11) is 0. The van der Waals surface area contributed by atoms with E-state index in [1.807, 2.05) is 23.2 Å². The summed E-state index contributed by atoms with van der Waals surface area (Å²) in [5, 5.41) is 9.17. The molecule has 1 aromatic rings. The Kier molecular flexibility index (Phi) is 5.33. The number of rotatable bonds is 5. The smallest absolute Gasteiger partial charge is 0.222 e. The first-order valence-corrected chi connectivity index (χ1v) is 7.07. The van der Waals surface area contributed by atoms with Crippen molar-refractivity contribution in [1.29, 1.82) is 0 Å². The van der Waals surface area contributed by atoms with Crippen LogP contribution in [0.1, 0.15) is 31.2 Å². The second kappa shape index (κ2) is 7.24. The zero-order valence-electron chi connectivity index (χ0n) is 11.3. The van der Waals surface area contributed by atoms with Crippen molar-refractivity contribution in [3.63, 3.8) is 0 Å². The molecular weight excluding hydrogens is 240 g/mol. The molecule has 1 N–H and O–H groups in total. The van der Waals surface area contributed by atoms with Crippen molar-refractivity contribution >= 4 is 5.91 Å². The van der Waals surface area contributed by atoms with E-state index in [-0.39, 0.29) is 18.4 Å². The van der Waals surface area contributed by atoms with Gasteiger partial charge >= 0.3 is 0 Å². The Morgan fingerprint density at radius 3 is 3.16 bits per heavy atom. The van der Waals surface area contributed by atoms with E-state index in [0.29, 0.717) is 6.42 Å². The summed E-state index contributed by atoms with van der Waals surface area (Å²) in [6, 6.07) is 3.97. The molecule has 1 fully saturated rings. The Morgan fingerprint density at radius 2 is 2.42 bits per heavy atom. The Hall–Kier alpha value is -1.42. The monoisotopic (exact) mass is 262 g/mol. The number of aromatic nitrogens is 1. The third-order valence-corrected chi connectivity index (χ3v) is 3.71. The fourth-order valence-electron chi connectivity index (χ4n) is 2.59. The summed E-state index contributed by atoms with van der Waals surface area (Å²) in [4.78, 5) is 18.1. The number of likely N-dealkylation sites (tertiary alicyclic amines) is 1. The van der Waals surface area contributed by atoms with Crippen molar-refractivity contribution in [1.82, 2.24) is 9.88 Å². The molecule has 0 spiro atoms. The van der Waals surface area contributed by atoms with Gasteiger partial charge in [0, 0.05) is 38.5 Å². The molecule has 1 saturated heterocycles. The highest BCUT2D eigenvalue weighted by Gasteiger charge is 2.22. The molecule has 1 unspecified atom stereocenters. The first kappa shape index (κ1) is 14.0. The van der Waals surface area contributed by atoms with Crippen LogP contribution in [-0.4, -0.2) is 40.6 Å². The molecule has 1 amide bonds. The van der Waals surface area contributed by atoms with E-state index in [0.717, 1.165) is 38.8 Å². The third kappa shape index (κ3) is 4.31. The van der Waals surface area contributed by atoms with Crippen LogP contribution < -0.4 is 0 Å². The van der Waals surface area contributed by atoms with E-state index in [4.69, 9.17) is 0 Å². The van der Waals surface area contributed by atoms with Crippen molar-refractivity contribution in [2.75, 3.05) is 19.7 Å². The topological polar surface area (TPSA) is 53.4 Å². The fourth-order valence-corrected chi connectivity index (χ4v) is 2.59. The standard InChI is InChI=1S/C15H22N2O2/c18-12-14-6-3-9-17(11-14)15(19)7-1-4-13-5-2-8-16-10-13/h2,5,8,10,14,18H,1,3-4,6-7,9,11-12H2. The van der Waals surface area contributed by atoms with Gasteiger partial charge in [0.15, 0.2) is 0 Å². The summed E-state index contributed by atoms with van der Waals surface area (Å²) in [5.41, 5.74) is 1.18. The molecule has 0 saturated carbocycles. The second-order valence-electron chi connectivity index (χ2n) is 5.25. The predicted molar refractivity (Wildman–Crippen MR) is 73.6 cm³/mol. The molecule has 0 aromatic carbocycles. The number of hydrogen-bond acceptors (Lipinski definition) is 3. The number of hydrogen-bond donors (Lipinski definition) is 1. The van der Waals surface area contributed by atoms with E-state index in [9.17, 15) is 9.90 Å². The summed E-state index contributed by atoms with van der Waals surface area (Å²) in [6.07, 6.45) is 8.02. The lowest BCUT2D eigenvalue weighted by atomic mass is 9.98. The quantitative estimate of drug-likeness (QED) is 0.877. The molecule has 1 atom stereocenters. The van der Waals surface area contributed by atoms with Crippen LogP contribution in [0.5, 0.6) is 0 Å². The number of aliphatic hydroxyl groups is 1. The van der Waals surface area contributed by atoms with Gasteiger partial charge in [-0.1, -0.05) is 6.07 Å². The van der Waals surface area contributed by atoms with Gasteiger partial charge in [0.2, 0.25) is 5.91 Å². The molecule has 1 aromatic heterocycles. The zero-order valence-corrected chi connectivity index (χ0v) is 11.3. The SMILES string of the molecule is O=C(CCCc1cccnc1)N1CCCC(CO)C1. The van der Waals surface area contributed by atoms with Gasteiger partial charge in [0.25, 0.3) is 0 Å². The normalized spacial score (nSPS) is 19.4. The van der Waals surface area contributed by atoms with Crippen LogP contribution >= 0.6 is 0 Å². The largest absolute Gasteiger partial charge is 0.396 e. The van der Waals surface area contributed by atoms with Crippen LogP contribution in [0.15, 0.2) is 24.5 Å². The highest BCUT2D eigenvalue weighted by Crippen LogP contribution is 2.17. The molecule has 4 heteroatoms. The van der Waals surface area contributed by atoms with E-state index in [1.54, 1.807) is 6.20 Å². The number of carbonyl (C=O) groups excluding carboxylic acids is 1. The average Bonchev–Trinajstić information content (AvgIpc) is 2.48. The second-order valence-corrected chi connectivity index (χ2v) is 5.25. The number of piperidine rings is 1. The molecule has 104 valence electrons. The number of amides is 1. The minimum Gasteiger partial charge on any atom is -0.396 e. The highest BCUT2D eigenvalue weighted by atomic mass is 16.3. The lowest BCUT2D eigenvalue weighted by molar-refractivity contribution is -0.133. The average molecular weight is 262 g/mol. The first-order valence-electron chi connectivity index (χ1n) is 7.07. The third-order valence-electron chi connectivity index (χ3n) is 3.71. The van der Waals surface area contributed by atoms with Crippen LogP contribution in [0, 0.1) is 5.92 Å². The van der Waals surface area contributed by atoms with Gasteiger partial charge in [0.05, 0.1) is 0 Å². The number of aryl methyl sites for hydroxylation is 1. The van der Waals surface area contributed by atoms with Crippen LogP contribution in [0.25, 0.3) is 0 Å². The molecule has 19 heavy (non-hydrogen) atoms. The van der Waals surface area contributed by atoms with Gasteiger partial charge in [-0.15, -0.1) is 0 Å². The van der Waals surface area contributed by atoms with Gasteiger partial charge in [-0.3, -0.25) is 9.78 Å². The Balaban J connectivity index is 1.72. The number of nitrogens with zero attached hydrogens (tertiary/aromatic N) is 2. The minimum absolute atomic E-state index is 0.194. The molecule has 2 heterocycles. The maximum atomic E-state index is 12.1. The van der Waals surface area contributed by atoms with Crippen LogP contribution in [0.2, 0.25) is 0 Å². The van der Waals surface area contributed by atoms with Gasteiger partial charge in [0.1, 0.15) is 0 Å². The fraction of sp³-hybridized carbons (Fsp3) is 0.600. The Labute approximate surface area is 114 Å². The molecular formula is C15H22N2O2. The predicted octanol–water partition coefficient (Wildman–Crippen LogP) is 1.64. The van der Waals surface area contributed by atoms with Crippen molar-refractivity contribution in [3.05, 3.63) is 30.1 Å². The Morgan fingerprint density at radius 1 is 1.53 bits per heavy atom. The molecule has 0 bridgehead atoms. The van der Waals surface area contributed by atoms with Crippen LogP contribution in [-0.2, 0) is 11.2 Å². The van der Waals surface area contributed by atoms with E-state index >= 15 is 0 Å². The number of pyridine rings is 1. The van der Waals surface area contributed by atoms with E-state index in [2.05, 4.69) is 4.98 Å². The van der Waals surface area contributed by atoms with Crippen molar-refractivity contribution in [3.8, 4) is 0 Å². The summed E-state index contributed by atoms with van der Waals surface area (Å²) in [5.74, 6) is 0.498. The minimum atomic E-state index is 0.194. The molecule has 1 aliphatic rings. The molecule has 4 nitrogen and oxygen atoms in total. The Bertz CT molecular complexity index is 394. The number of aliphatic hydroxyl groups excluding tert-OH is 1. The van der Waals surface area contributed by atoms with Crippen molar-refractivity contribution in [2.45, 2.75) is 32.1 Å². The van der Waals surface area contributed by atoms with Crippen LogP contribution in [0.4, 0.5) is 0 Å². The lowest BCUT2D eigenvalue weighted by Crippen LogP contribution is -2.40. The van der Waals surface area contributed by atoms with E-state index < -0.39 is 0 Å². The maximum absolute atomic E-state index is 12.1. The summed E-state index contributed by atoms with van der Waals surface area (Å²) >= 11 is 0. The summed E-state index contributed by atoms with van der Waals surface area (Å²) in [6.45, 7) is 1.77. The molecule has 1 aliphatic heterocycles.